The number of amides is 2. The molecule has 35 heavy (non-hydrogen) atoms. The number of carbonyl (C=O) groups excluding carboxylic acids is 2. The van der Waals surface area contributed by atoms with E-state index in [1.165, 1.54) is 4.90 Å². The van der Waals surface area contributed by atoms with Crippen LogP contribution in [0.5, 0.6) is 0 Å². The van der Waals surface area contributed by atoms with E-state index < -0.39 is 0 Å². The topological polar surface area (TPSA) is 79.7 Å². The molecule has 0 atom stereocenters. The van der Waals surface area contributed by atoms with E-state index in [9.17, 15) is 9.59 Å². The van der Waals surface area contributed by atoms with Crippen molar-refractivity contribution in [2.75, 3.05) is 50.1 Å². The van der Waals surface area contributed by atoms with E-state index in [1.54, 1.807) is 17.9 Å². The Morgan fingerprint density at radius 3 is 2.29 bits per heavy atom. The lowest BCUT2D eigenvalue weighted by molar-refractivity contribution is -0.116. The molecule has 0 bridgehead atoms. The van der Waals surface area contributed by atoms with Crippen LogP contribution < -0.4 is 10.2 Å². The zero-order valence-corrected chi connectivity index (χ0v) is 20.8. The maximum atomic E-state index is 13.3. The molecule has 3 aromatic rings. The third kappa shape index (κ3) is 5.71. The summed E-state index contributed by atoms with van der Waals surface area (Å²) in [7, 11) is 1.64. The van der Waals surface area contributed by atoms with Crippen molar-refractivity contribution in [1.29, 1.82) is 0 Å². The molecule has 1 N–H and O–H groups in total. The van der Waals surface area contributed by atoms with E-state index in [1.807, 2.05) is 69.3 Å². The molecule has 1 aliphatic heterocycles. The fraction of sp³-hybridized carbons (Fsp3) is 0.370. The lowest BCUT2D eigenvalue weighted by atomic mass is 10.0. The number of aromatic nitrogens is 2. The van der Waals surface area contributed by atoms with E-state index in [0.717, 1.165) is 48.9 Å². The standard InChI is InChI=1S/C27H33N5O3/c1-19(2)26-24(17-28-32(26)23-9-5-20(3)6-10-23)27(34)30(4)18-25(33)29-21-7-11-22(12-8-21)31-13-15-35-16-14-31/h5-12,17,19H,13-16,18H2,1-4H3,(H,29,33). The molecule has 0 unspecified atom stereocenters. The monoisotopic (exact) mass is 475 g/mol. The summed E-state index contributed by atoms with van der Waals surface area (Å²) in [5.41, 5.74) is 5.19. The van der Waals surface area contributed by atoms with Crippen LogP contribution in [-0.4, -0.2) is 66.4 Å². The molecule has 0 radical (unpaired) electrons. The average Bonchev–Trinajstić information content (AvgIpc) is 3.30. The summed E-state index contributed by atoms with van der Waals surface area (Å²) in [5.74, 6) is -0.410. The number of morpholine rings is 1. The maximum absolute atomic E-state index is 13.3. The summed E-state index contributed by atoms with van der Waals surface area (Å²) >= 11 is 0. The fourth-order valence-electron chi connectivity index (χ4n) is 4.24. The number of benzene rings is 2. The van der Waals surface area contributed by atoms with Crippen LogP contribution in [0.4, 0.5) is 11.4 Å². The first-order valence-corrected chi connectivity index (χ1v) is 12.0. The van der Waals surface area contributed by atoms with Gasteiger partial charge in [0.15, 0.2) is 0 Å². The Bertz CT molecular complexity index is 1160. The van der Waals surface area contributed by atoms with Crippen LogP contribution >= 0.6 is 0 Å². The van der Waals surface area contributed by atoms with Gasteiger partial charge in [0.1, 0.15) is 0 Å². The molecule has 2 aromatic carbocycles. The Morgan fingerprint density at radius 2 is 1.66 bits per heavy atom. The molecule has 1 aromatic heterocycles. The molecule has 0 aliphatic carbocycles. The van der Waals surface area contributed by atoms with Gasteiger partial charge in [-0.15, -0.1) is 0 Å². The first-order valence-electron chi connectivity index (χ1n) is 12.0. The van der Waals surface area contributed by atoms with Gasteiger partial charge in [0.25, 0.3) is 5.91 Å². The summed E-state index contributed by atoms with van der Waals surface area (Å²) in [6, 6.07) is 15.8. The molecular formula is C27H33N5O3. The van der Waals surface area contributed by atoms with Gasteiger partial charge in [-0.05, 0) is 49.2 Å². The van der Waals surface area contributed by atoms with Gasteiger partial charge in [0.2, 0.25) is 5.91 Å². The van der Waals surface area contributed by atoms with Gasteiger partial charge in [-0.1, -0.05) is 31.5 Å². The maximum Gasteiger partial charge on any atom is 0.257 e. The summed E-state index contributed by atoms with van der Waals surface area (Å²) in [5, 5.41) is 7.38. The largest absolute Gasteiger partial charge is 0.378 e. The van der Waals surface area contributed by atoms with Gasteiger partial charge in [-0.25, -0.2) is 4.68 Å². The highest BCUT2D eigenvalue weighted by Crippen LogP contribution is 2.24. The third-order valence-electron chi connectivity index (χ3n) is 6.12. The number of aryl methyl sites for hydroxylation is 1. The van der Waals surface area contributed by atoms with Crippen molar-refractivity contribution in [2.24, 2.45) is 0 Å². The summed E-state index contributed by atoms with van der Waals surface area (Å²) in [6.07, 6.45) is 1.59. The van der Waals surface area contributed by atoms with Crippen molar-refractivity contribution in [3.05, 3.63) is 71.5 Å². The summed E-state index contributed by atoms with van der Waals surface area (Å²) in [6.45, 7) is 9.20. The van der Waals surface area contributed by atoms with E-state index in [-0.39, 0.29) is 24.3 Å². The van der Waals surface area contributed by atoms with E-state index >= 15 is 0 Å². The number of hydrogen-bond acceptors (Lipinski definition) is 5. The van der Waals surface area contributed by atoms with Crippen LogP contribution in [0.3, 0.4) is 0 Å². The summed E-state index contributed by atoms with van der Waals surface area (Å²) in [4.78, 5) is 29.6. The molecule has 1 aliphatic rings. The number of anilines is 2. The highest BCUT2D eigenvalue weighted by molar-refractivity contribution is 6.00. The molecule has 1 saturated heterocycles. The highest BCUT2D eigenvalue weighted by Gasteiger charge is 2.24. The number of carbonyl (C=O) groups is 2. The Balaban J connectivity index is 1.41. The first-order chi connectivity index (χ1) is 16.8. The lowest BCUT2D eigenvalue weighted by Crippen LogP contribution is -2.36. The van der Waals surface area contributed by atoms with Crippen molar-refractivity contribution in [3.63, 3.8) is 0 Å². The first kappa shape index (κ1) is 24.5. The quantitative estimate of drug-likeness (QED) is 0.562. The van der Waals surface area contributed by atoms with Gasteiger partial charge in [-0.2, -0.15) is 5.10 Å². The van der Waals surface area contributed by atoms with Crippen LogP contribution in [0.2, 0.25) is 0 Å². The Labute approximate surface area is 206 Å². The lowest BCUT2D eigenvalue weighted by Gasteiger charge is -2.28. The van der Waals surface area contributed by atoms with Crippen LogP contribution in [0.15, 0.2) is 54.7 Å². The van der Waals surface area contributed by atoms with Crippen LogP contribution in [0.25, 0.3) is 5.69 Å². The molecule has 184 valence electrons. The fourth-order valence-corrected chi connectivity index (χ4v) is 4.24. The summed E-state index contributed by atoms with van der Waals surface area (Å²) < 4.78 is 7.20. The second-order valence-electron chi connectivity index (χ2n) is 9.20. The SMILES string of the molecule is Cc1ccc(-n2ncc(C(=O)N(C)CC(=O)Nc3ccc(N4CCOCC4)cc3)c2C(C)C)cc1. The minimum Gasteiger partial charge on any atom is -0.378 e. The molecule has 0 saturated carbocycles. The average molecular weight is 476 g/mol. The molecule has 2 heterocycles. The predicted octanol–water partition coefficient (Wildman–Crippen LogP) is 3.85. The van der Waals surface area contributed by atoms with Crippen molar-refractivity contribution in [1.82, 2.24) is 14.7 Å². The van der Waals surface area contributed by atoms with Gasteiger partial charge in [0.05, 0.1) is 42.9 Å². The van der Waals surface area contributed by atoms with Gasteiger partial charge >= 0.3 is 0 Å². The number of likely N-dealkylation sites (N-methyl/N-ethyl adjacent to an activating group) is 1. The van der Waals surface area contributed by atoms with Gasteiger partial charge < -0.3 is 19.9 Å². The zero-order valence-electron chi connectivity index (χ0n) is 20.8. The number of ether oxygens (including phenoxy) is 1. The minimum atomic E-state index is -0.253. The second-order valence-corrected chi connectivity index (χ2v) is 9.20. The minimum absolute atomic E-state index is 0.0582. The van der Waals surface area contributed by atoms with Gasteiger partial charge in [0, 0.05) is 31.5 Å². The molecule has 2 amide bonds. The van der Waals surface area contributed by atoms with Crippen LogP contribution in [-0.2, 0) is 9.53 Å². The van der Waals surface area contributed by atoms with E-state index in [2.05, 4.69) is 15.3 Å². The number of rotatable bonds is 7. The molecular weight excluding hydrogens is 442 g/mol. The molecule has 8 heteroatoms. The van der Waals surface area contributed by atoms with Crippen molar-refractivity contribution >= 4 is 23.2 Å². The van der Waals surface area contributed by atoms with Crippen molar-refractivity contribution in [3.8, 4) is 5.69 Å². The van der Waals surface area contributed by atoms with Crippen LogP contribution in [0, 0.1) is 6.92 Å². The third-order valence-corrected chi connectivity index (χ3v) is 6.12. The highest BCUT2D eigenvalue weighted by atomic mass is 16.5. The zero-order chi connectivity index (χ0) is 24.9. The van der Waals surface area contributed by atoms with E-state index in [0.29, 0.717) is 11.3 Å². The number of hydrogen-bond donors (Lipinski definition) is 1. The molecule has 4 rings (SSSR count). The van der Waals surface area contributed by atoms with E-state index in [4.69, 9.17) is 4.74 Å². The Kier molecular flexibility index (Phi) is 7.51. The number of nitrogens with zero attached hydrogens (tertiary/aromatic N) is 4. The van der Waals surface area contributed by atoms with Gasteiger partial charge in [-0.3, -0.25) is 9.59 Å². The number of nitrogens with one attached hydrogen (secondary N) is 1. The second kappa shape index (κ2) is 10.7. The van der Waals surface area contributed by atoms with Crippen molar-refractivity contribution in [2.45, 2.75) is 26.7 Å². The van der Waals surface area contributed by atoms with Crippen molar-refractivity contribution < 1.29 is 14.3 Å². The molecule has 0 spiro atoms. The van der Waals surface area contributed by atoms with Crippen LogP contribution in [0.1, 0.15) is 41.4 Å². The Hall–Kier alpha value is -3.65. The molecule has 8 nitrogen and oxygen atoms in total. The smallest absolute Gasteiger partial charge is 0.257 e. The molecule has 1 fully saturated rings. The normalized spacial score (nSPS) is 13.7. The Morgan fingerprint density at radius 1 is 1.03 bits per heavy atom. The predicted molar refractivity (Wildman–Crippen MR) is 137 cm³/mol.